The molecule has 1 aliphatic carbocycles. The molecule has 34 heavy (non-hydrogen) atoms. The molecule has 1 N–H and O–H groups in total. The van der Waals surface area contributed by atoms with E-state index >= 15 is 0 Å². The first-order valence-corrected chi connectivity index (χ1v) is 12.2. The Hall–Kier alpha value is -3.32. The molecule has 178 valence electrons. The van der Waals surface area contributed by atoms with Gasteiger partial charge in [-0.25, -0.2) is 9.48 Å². The van der Waals surface area contributed by atoms with Crippen LogP contribution in [0.3, 0.4) is 0 Å². The molecule has 0 unspecified atom stereocenters. The van der Waals surface area contributed by atoms with E-state index in [1.165, 1.54) is 11.3 Å². The summed E-state index contributed by atoms with van der Waals surface area (Å²) in [6.45, 7) is 6.12. The number of ether oxygens (including phenoxy) is 1. The SMILES string of the molecule is CCN1CCc2c(c(CN(C(=O)NCc3ccccc3)C3CC3)nn2-c2ccccc2OC)C1. The second kappa shape index (κ2) is 9.89. The van der Waals surface area contributed by atoms with Crippen LogP contribution in [0.2, 0.25) is 0 Å². The number of nitrogens with zero attached hydrogens (tertiary/aromatic N) is 4. The maximum Gasteiger partial charge on any atom is 0.318 e. The van der Waals surface area contributed by atoms with E-state index in [-0.39, 0.29) is 12.1 Å². The summed E-state index contributed by atoms with van der Waals surface area (Å²) in [7, 11) is 1.69. The third-order valence-corrected chi connectivity index (χ3v) is 6.84. The van der Waals surface area contributed by atoms with Gasteiger partial charge < -0.3 is 15.0 Å². The standard InChI is InChI=1S/C27H33N5O2/c1-3-30-16-15-24-22(18-30)23(29-32(24)25-11-7-8-12-26(25)34-2)19-31(21-13-14-21)27(33)28-17-20-9-5-4-6-10-20/h4-12,21H,3,13-19H2,1-2H3,(H,28,33). The van der Waals surface area contributed by atoms with Gasteiger partial charge in [0.2, 0.25) is 0 Å². The highest BCUT2D eigenvalue weighted by molar-refractivity contribution is 5.75. The predicted molar refractivity (Wildman–Crippen MR) is 132 cm³/mol. The van der Waals surface area contributed by atoms with Crippen molar-refractivity contribution < 1.29 is 9.53 Å². The Bertz CT molecular complexity index is 1140. The van der Waals surface area contributed by atoms with Gasteiger partial charge in [0.25, 0.3) is 0 Å². The van der Waals surface area contributed by atoms with Crippen LogP contribution in [-0.4, -0.2) is 51.9 Å². The van der Waals surface area contributed by atoms with Crippen LogP contribution in [-0.2, 0) is 26.1 Å². The van der Waals surface area contributed by atoms with Crippen molar-refractivity contribution in [3.05, 3.63) is 77.1 Å². The number of nitrogens with one attached hydrogen (secondary N) is 1. The van der Waals surface area contributed by atoms with Crippen LogP contribution in [0.25, 0.3) is 5.69 Å². The summed E-state index contributed by atoms with van der Waals surface area (Å²) in [6, 6.07) is 18.3. The molecule has 0 radical (unpaired) electrons. The number of carbonyl (C=O) groups excluding carboxylic acids is 1. The lowest BCUT2D eigenvalue weighted by atomic mass is 10.0. The van der Waals surface area contributed by atoms with E-state index in [4.69, 9.17) is 9.84 Å². The van der Waals surface area contributed by atoms with Crippen LogP contribution in [0.1, 0.15) is 42.3 Å². The van der Waals surface area contributed by atoms with Gasteiger partial charge in [0, 0.05) is 37.7 Å². The van der Waals surface area contributed by atoms with Crippen LogP contribution in [0.5, 0.6) is 5.75 Å². The van der Waals surface area contributed by atoms with Crippen molar-refractivity contribution >= 4 is 6.03 Å². The lowest BCUT2D eigenvalue weighted by molar-refractivity contribution is 0.190. The van der Waals surface area contributed by atoms with Crippen molar-refractivity contribution in [3.63, 3.8) is 0 Å². The second-order valence-corrected chi connectivity index (χ2v) is 9.08. The van der Waals surface area contributed by atoms with Crippen LogP contribution in [0, 0.1) is 0 Å². The number of likely N-dealkylation sites (N-methyl/N-ethyl adjacent to an activating group) is 1. The fourth-order valence-corrected chi connectivity index (χ4v) is 4.73. The Morgan fingerprint density at radius 3 is 2.65 bits per heavy atom. The zero-order valence-corrected chi connectivity index (χ0v) is 20.0. The second-order valence-electron chi connectivity index (χ2n) is 9.08. The molecule has 1 aliphatic heterocycles. The number of aromatic nitrogens is 2. The number of rotatable bonds is 8. The Morgan fingerprint density at radius 1 is 1.15 bits per heavy atom. The molecule has 7 heteroatoms. The van der Waals surface area contributed by atoms with Gasteiger partial charge in [0.15, 0.2) is 0 Å². The Labute approximate surface area is 201 Å². The molecule has 0 atom stereocenters. The van der Waals surface area contributed by atoms with Gasteiger partial charge in [-0.05, 0) is 37.1 Å². The third kappa shape index (κ3) is 4.66. The fourth-order valence-electron chi connectivity index (χ4n) is 4.73. The summed E-state index contributed by atoms with van der Waals surface area (Å²) in [4.78, 5) is 17.6. The molecule has 1 aromatic heterocycles. The molecule has 0 bridgehead atoms. The van der Waals surface area contributed by atoms with Crippen molar-refractivity contribution in [2.45, 2.75) is 51.9 Å². The van der Waals surface area contributed by atoms with E-state index in [2.05, 4.69) is 17.1 Å². The van der Waals surface area contributed by atoms with E-state index in [1.54, 1.807) is 7.11 Å². The van der Waals surface area contributed by atoms with Gasteiger partial charge in [0.05, 0.1) is 25.0 Å². The minimum Gasteiger partial charge on any atom is -0.494 e. The van der Waals surface area contributed by atoms with E-state index in [0.29, 0.717) is 13.1 Å². The van der Waals surface area contributed by atoms with Crippen molar-refractivity contribution in [1.29, 1.82) is 0 Å². The number of benzene rings is 2. The van der Waals surface area contributed by atoms with Gasteiger partial charge in [-0.3, -0.25) is 4.90 Å². The molecular weight excluding hydrogens is 426 g/mol. The van der Waals surface area contributed by atoms with Crippen molar-refractivity contribution in [2.24, 2.45) is 0 Å². The van der Waals surface area contributed by atoms with Crippen LogP contribution >= 0.6 is 0 Å². The first kappa shape index (κ1) is 22.5. The average molecular weight is 460 g/mol. The summed E-state index contributed by atoms with van der Waals surface area (Å²) in [5.41, 5.74) is 5.51. The molecule has 5 rings (SSSR count). The van der Waals surface area contributed by atoms with Crippen molar-refractivity contribution in [1.82, 2.24) is 24.9 Å². The molecule has 1 fully saturated rings. The van der Waals surface area contributed by atoms with Crippen LogP contribution < -0.4 is 10.1 Å². The number of urea groups is 1. The number of carbonyl (C=O) groups is 1. The molecule has 7 nitrogen and oxygen atoms in total. The quantitative estimate of drug-likeness (QED) is 0.550. The zero-order valence-electron chi connectivity index (χ0n) is 20.0. The largest absolute Gasteiger partial charge is 0.494 e. The highest BCUT2D eigenvalue weighted by Crippen LogP contribution is 2.33. The lowest BCUT2D eigenvalue weighted by Gasteiger charge is -2.27. The van der Waals surface area contributed by atoms with Gasteiger partial charge in [-0.1, -0.05) is 49.4 Å². The van der Waals surface area contributed by atoms with Crippen LogP contribution in [0.4, 0.5) is 4.79 Å². The maximum absolute atomic E-state index is 13.2. The van der Waals surface area contributed by atoms with Crippen LogP contribution in [0.15, 0.2) is 54.6 Å². The number of methoxy groups -OCH3 is 1. The molecule has 0 spiro atoms. The van der Waals surface area contributed by atoms with Gasteiger partial charge in [-0.2, -0.15) is 5.10 Å². The molecular formula is C27H33N5O2. The van der Waals surface area contributed by atoms with Gasteiger partial charge >= 0.3 is 6.03 Å². The first-order chi connectivity index (χ1) is 16.7. The molecule has 2 heterocycles. The summed E-state index contributed by atoms with van der Waals surface area (Å²) in [5, 5.41) is 8.20. The number of hydrogen-bond donors (Lipinski definition) is 1. The molecule has 2 aromatic carbocycles. The minimum atomic E-state index is -0.0184. The molecule has 2 amide bonds. The zero-order chi connectivity index (χ0) is 23.5. The smallest absolute Gasteiger partial charge is 0.318 e. The van der Waals surface area contributed by atoms with E-state index in [1.807, 2.05) is 64.2 Å². The topological polar surface area (TPSA) is 62.6 Å². The normalized spacial score (nSPS) is 15.6. The minimum absolute atomic E-state index is 0.0184. The van der Waals surface area contributed by atoms with Crippen molar-refractivity contribution in [2.75, 3.05) is 20.2 Å². The maximum atomic E-state index is 13.2. The number of para-hydroxylation sites is 2. The summed E-state index contributed by atoms with van der Waals surface area (Å²) >= 11 is 0. The predicted octanol–water partition coefficient (Wildman–Crippen LogP) is 4.13. The third-order valence-electron chi connectivity index (χ3n) is 6.84. The summed E-state index contributed by atoms with van der Waals surface area (Å²) in [5.74, 6) is 0.803. The monoisotopic (exact) mass is 459 g/mol. The molecule has 1 saturated carbocycles. The Kier molecular flexibility index (Phi) is 6.54. The number of fused-ring (bicyclic) bond motifs is 1. The molecule has 0 saturated heterocycles. The molecule has 3 aromatic rings. The Balaban J connectivity index is 1.43. The van der Waals surface area contributed by atoms with Crippen molar-refractivity contribution in [3.8, 4) is 11.4 Å². The highest BCUT2D eigenvalue weighted by Gasteiger charge is 2.35. The number of hydrogen-bond acceptors (Lipinski definition) is 4. The highest BCUT2D eigenvalue weighted by atomic mass is 16.5. The summed E-state index contributed by atoms with van der Waals surface area (Å²) in [6.07, 6.45) is 3.03. The van der Waals surface area contributed by atoms with E-state index < -0.39 is 0 Å². The Morgan fingerprint density at radius 2 is 1.91 bits per heavy atom. The van der Waals surface area contributed by atoms with Gasteiger partial charge in [0.1, 0.15) is 11.4 Å². The summed E-state index contributed by atoms with van der Waals surface area (Å²) < 4.78 is 7.68. The van der Waals surface area contributed by atoms with E-state index in [9.17, 15) is 4.79 Å². The average Bonchev–Trinajstić information content (AvgIpc) is 3.67. The first-order valence-electron chi connectivity index (χ1n) is 12.2. The van der Waals surface area contributed by atoms with Gasteiger partial charge in [-0.15, -0.1) is 0 Å². The number of amides is 2. The van der Waals surface area contributed by atoms with E-state index in [0.717, 1.165) is 61.6 Å². The fraction of sp³-hybridized carbons (Fsp3) is 0.407. The molecule has 2 aliphatic rings. The lowest BCUT2D eigenvalue weighted by Crippen LogP contribution is -2.41.